The molecule has 0 aromatic heterocycles. The number of rotatable bonds is 33. The number of nitrogens with two attached hydrogens (primary N) is 1. The van der Waals surface area contributed by atoms with Crippen LogP contribution < -0.4 is 53.6 Å². The fourth-order valence-electron chi connectivity index (χ4n) is 9.82. The fraction of sp³-hybridized carbons (Fsp3) is 0.786. The number of nitrogens with zero attached hydrogens (tertiary/aromatic N) is 2. The van der Waals surface area contributed by atoms with E-state index in [1.807, 2.05) is 55.4 Å². The summed E-state index contributed by atoms with van der Waals surface area (Å²) < 4.78 is 0. The third-order valence-corrected chi connectivity index (χ3v) is 15.1. The van der Waals surface area contributed by atoms with Crippen LogP contribution in [0, 0.1) is 35.5 Å². The molecule has 0 aliphatic carbocycles. The minimum Gasteiger partial charge on any atom is -0.480 e. The van der Waals surface area contributed by atoms with Crippen molar-refractivity contribution in [1.29, 1.82) is 0 Å². The van der Waals surface area contributed by atoms with E-state index in [1.165, 1.54) is 23.6 Å². The van der Waals surface area contributed by atoms with Gasteiger partial charge in [-0.05, 0) is 101 Å². The Hall–Kier alpha value is -5.70. The van der Waals surface area contributed by atoms with Gasteiger partial charge in [-0.25, -0.2) is 4.79 Å². The van der Waals surface area contributed by atoms with E-state index in [1.54, 1.807) is 27.7 Å². The lowest BCUT2D eigenvalue weighted by Gasteiger charge is -2.32. The van der Waals surface area contributed by atoms with Gasteiger partial charge in [-0.1, -0.05) is 83.1 Å². The highest BCUT2D eigenvalue weighted by Crippen LogP contribution is 2.23. The standard InChI is InChI=1S/C56H98N12O13S2/c1-27(2)21-36(47(71)58-33(13)45(69)59-34(14)54(78)67-19-15-17-41(67)50(74)64-40(26-83)56(80)81)60-48(72)37(22-28(3)4)61-53(77)44(32(11)12)66-51(75)42-18-16-20-68(42)55(79)39(24-30(7)8)63-49(73)38(23-29(5)6)62-52(76)43(31(9)10)65-46(70)35(57)25-82/h27-44,82-83H,15-26,57H2,1-14H3,(H,58,71)(H,59,69)(H,60,72)(H,61,77)(H,62,76)(H,63,73)(H,64,74)(H,65,70)(H,66,75)(H,80,81)/t33-,34-,35-,36-,37-,38-,39-,40-,41-,42-,43-,44-/m0/s1. The molecule has 25 nitrogen and oxygen atoms in total. The van der Waals surface area contributed by atoms with Crippen LogP contribution in [0.25, 0.3) is 0 Å². The molecule has 27 heteroatoms. The number of hydrogen-bond donors (Lipinski definition) is 13. The van der Waals surface area contributed by atoms with E-state index < -0.39 is 149 Å². The van der Waals surface area contributed by atoms with Crippen molar-refractivity contribution in [1.82, 2.24) is 57.7 Å². The van der Waals surface area contributed by atoms with Crippen molar-refractivity contribution in [3.63, 3.8) is 0 Å². The van der Waals surface area contributed by atoms with Crippen LogP contribution in [0.4, 0.5) is 0 Å². The van der Waals surface area contributed by atoms with Gasteiger partial charge in [0.2, 0.25) is 65.0 Å². The van der Waals surface area contributed by atoms with Gasteiger partial charge in [-0.3, -0.25) is 52.7 Å². The molecule has 2 rings (SSSR count). The predicted molar refractivity (Wildman–Crippen MR) is 319 cm³/mol. The normalized spacial score (nSPS) is 18.9. The Balaban J connectivity index is 2.26. The maximum absolute atomic E-state index is 14.5. The molecule has 2 aliphatic rings. The van der Waals surface area contributed by atoms with E-state index in [0.29, 0.717) is 12.8 Å². The second-order valence-electron chi connectivity index (χ2n) is 24.4. The van der Waals surface area contributed by atoms with Gasteiger partial charge in [0.05, 0.1) is 6.04 Å². The first kappa shape index (κ1) is 73.4. The summed E-state index contributed by atoms with van der Waals surface area (Å²) in [5.41, 5.74) is 5.85. The highest BCUT2D eigenvalue weighted by molar-refractivity contribution is 7.80. The molecule has 2 fully saturated rings. The summed E-state index contributed by atoms with van der Waals surface area (Å²) in [6.07, 6.45) is 2.09. The van der Waals surface area contributed by atoms with Gasteiger partial charge in [0, 0.05) is 24.6 Å². The molecule has 12 N–H and O–H groups in total. The van der Waals surface area contributed by atoms with E-state index in [0.717, 1.165) is 0 Å². The van der Waals surface area contributed by atoms with Gasteiger partial charge >= 0.3 is 5.97 Å². The minimum atomic E-state index is -1.28. The zero-order valence-electron chi connectivity index (χ0n) is 51.1. The van der Waals surface area contributed by atoms with Crippen molar-refractivity contribution in [2.24, 2.45) is 41.2 Å². The molecule has 0 saturated carbocycles. The lowest BCUT2D eigenvalue weighted by molar-refractivity contribution is -0.144. The smallest absolute Gasteiger partial charge is 0.327 e. The zero-order chi connectivity index (χ0) is 63.3. The third kappa shape index (κ3) is 23.4. The molecule has 0 radical (unpaired) electrons. The number of carboxylic acids is 1. The van der Waals surface area contributed by atoms with Crippen molar-refractivity contribution in [3.05, 3.63) is 0 Å². The molecule has 0 bridgehead atoms. The summed E-state index contributed by atoms with van der Waals surface area (Å²) in [5.74, 6) is -9.81. The number of carbonyl (C=O) groups is 12. The van der Waals surface area contributed by atoms with Crippen LogP contribution in [0.15, 0.2) is 0 Å². The monoisotopic (exact) mass is 1210 g/mol. The summed E-state index contributed by atoms with van der Waals surface area (Å²) in [5, 5.41) is 33.6. The molecule has 0 unspecified atom stereocenters. The summed E-state index contributed by atoms with van der Waals surface area (Å²) in [7, 11) is 0. The fourth-order valence-corrected chi connectivity index (χ4v) is 10.2. The first-order valence-corrected chi connectivity index (χ1v) is 30.5. The first-order valence-electron chi connectivity index (χ1n) is 29.2. The van der Waals surface area contributed by atoms with Gasteiger partial charge in [0.15, 0.2) is 0 Å². The summed E-state index contributed by atoms with van der Waals surface area (Å²) in [6.45, 7) is 24.9. The van der Waals surface area contributed by atoms with Crippen LogP contribution >= 0.6 is 25.3 Å². The number of amides is 11. The Morgan fingerprint density at radius 3 is 1.18 bits per heavy atom. The molecular formula is C56H98N12O13S2. The van der Waals surface area contributed by atoms with Crippen molar-refractivity contribution < 1.29 is 62.6 Å². The van der Waals surface area contributed by atoms with Crippen molar-refractivity contribution in [2.75, 3.05) is 24.6 Å². The quantitative estimate of drug-likeness (QED) is 0.0389. The highest BCUT2D eigenvalue weighted by Gasteiger charge is 2.42. The van der Waals surface area contributed by atoms with Gasteiger partial charge < -0.3 is 68.5 Å². The SMILES string of the molecule is CC(C)C[C@H](NC(=O)[C@H](CC(C)C)NC(=O)[C@@H](NC(=O)[C@@H]1CCCN1C(=O)[C@H](CC(C)C)NC(=O)[C@H](CC(C)C)NC(=O)[C@@H](NC(=O)[C@@H](N)CS)C(C)C)C(C)C)C(=O)N[C@@H](C)C(=O)N[C@@H](C)C(=O)N1CCC[C@H]1C(=O)N[C@@H](CS)C(=O)O. The van der Waals surface area contributed by atoms with Crippen molar-refractivity contribution in [3.8, 4) is 0 Å². The molecule has 0 aromatic carbocycles. The minimum absolute atomic E-state index is 0.0498. The van der Waals surface area contributed by atoms with E-state index in [-0.39, 0.29) is 92.7 Å². The molecule has 472 valence electrons. The van der Waals surface area contributed by atoms with Crippen LogP contribution in [0.1, 0.15) is 148 Å². The second-order valence-corrected chi connectivity index (χ2v) is 25.2. The Morgan fingerprint density at radius 2 is 0.783 bits per heavy atom. The van der Waals surface area contributed by atoms with Crippen LogP contribution in [0.5, 0.6) is 0 Å². The first-order chi connectivity index (χ1) is 38.6. The van der Waals surface area contributed by atoms with Crippen molar-refractivity contribution in [2.45, 2.75) is 221 Å². The Morgan fingerprint density at radius 1 is 0.422 bits per heavy atom. The summed E-state index contributed by atoms with van der Waals surface area (Å²) in [6, 6.07) is -13.4. The molecular weight excluding hydrogens is 1110 g/mol. The van der Waals surface area contributed by atoms with Crippen LogP contribution in [0.3, 0.4) is 0 Å². The van der Waals surface area contributed by atoms with Gasteiger partial charge in [-0.2, -0.15) is 25.3 Å². The summed E-state index contributed by atoms with van der Waals surface area (Å²) >= 11 is 8.05. The van der Waals surface area contributed by atoms with E-state index in [4.69, 9.17) is 5.73 Å². The molecule has 12 atom stereocenters. The Kier molecular flexibility index (Phi) is 30.9. The number of nitrogens with one attached hydrogen (secondary N) is 9. The summed E-state index contributed by atoms with van der Waals surface area (Å²) in [4.78, 5) is 166. The molecule has 2 heterocycles. The van der Waals surface area contributed by atoms with Crippen molar-refractivity contribution >= 4 is 96.2 Å². The number of aliphatic carboxylic acids is 1. The number of carboxylic acid groups (broad SMARTS) is 1. The van der Waals surface area contributed by atoms with E-state index in [2.05, 4.69) is 73.1 Å². The van der Waals surface area contributed by atoms with Crippen LogP contribution in [0.2, 0.25) is 0 Å². The predicted octanol–water partition coefficient (Wildman–Crippen LogP) is 0.139. The van der Waals surface area contributed by atoms with Gasteiger partial charge in [0.25, 0.3) is 0 Å². The number of likely N-dealkylation sites (tertiary alicyclic amines) is 2. The molecule has 2 saturated heterocycles. The third-order valence-electron chi connectivity index (χ3n) is 14.3. The average molecular weight is 1210 g/mol. The largest absolute Gasteiger partial charge is 0.480 e. The number of carbonyl (C=O) groups excluding carboxylic acids is 11. The molecule has 2 aliphatic heterocycles. The molecule has 0 aromatic rings. The lowest BCUT2D eigenvalue weighted by atomic mass is 9.98. The zero-order valence-corrected chi connectivity index (χ0v) is 52.9. The molecule has 11 amide bonds. The van der Waals surface area contributed by atoms with Gasteiger partial charge in [-0.15, -0.1) is 0 Å². The van der Waals surface area contributed by atoms with E-state index in [9.17, 15) is 62.6 Å². The Bertz CT molecular complexity index is 2270. The Labute approximate surface area is 501 Å². The van der Waals surface area contributed by atoms with Crippen LogP contribution in [-0.4, -0.2) is 183 Å². The van der Waals surface area contributed by atoms with Gasteiger partial charge in [0.1, 0.15) is 66.5 Å². The maximum Gasteiger partial charge on any atom is 0.327 e. The number of thiol groups is 2. The number of hydrogen-bond acceptors (Lipinski definition) is 15. The second kappa shape index (κ2) is 34.9. The molecule has 83 heavy (non-hydrogen) atoms. The maximum atomic E-state index is 14.5. The lowest BCUT2D eigenvalue weighted by Crippen LogP contribution is -2.61. The molecule has 0 spiro atoms. The highest BCUT2D eigenvalue weighted by atomic mass is 32.1. The topological polar surface area (TPSA) is 366 Å². The average Bonchev–Trinajstić information content (AvgIpc) is 4.28. The van der Waals surface area contributed by atoms with Crippen LogP contribution in [-0.2, 0) is 57.5 Å². The van der Waals surface area contributed by atoms with E-state index >= 15 is 0 Å².